The minimum atomic E-state index is -0.573. The molecule has 6 heteroatoms. The third-order valence-electron chi connectivity index (χ3n) is 2.13. The molecule has 0 atom stereocenters. The summed E-state index contributed by atoms with van der Waals surface area (Å²) in [4.78, 5) is 14.0. The highest BCUT2D eigenvalue weighted by molar-refractivity contribution is 5.44. The summed E-state index contributed by atoms with van der Waals surface area (Å²) in [5, 5.41) is 19.5. The zero-order valence-corrected chi connectivity index (χ0v) is 9.11. The predicted octanol–water partition coefficient (Wildman–Crippen LogP) is 2.65. The van der Waals surface area contributed by atoms with Crippen LogP contribution in [0.1, 0.15) is 5.56 Å². The summed E-state index contributed by atoms with van der Waals surface area (Å²) >= 11 is 0. The fourth-order valence-corrected chi connectivity index (χ4v) is 1.34. The van der Waals surface area contributed by atoms with Gasteiger partial charge in [-0.1, -0.05) is 6.07 Å². The molecule has 0 aliphatic carbocycles. The minimum absolute atomic E-state index is 0.0995. The van der Waals surface area contributed by atoms with Crippen molar-refractivity contribution in [2.45, 2.75) is 0 Å². The Labute approximate surface area is 102 Å². The van der Waals surface area contributed by atoms with Gasteiger partial charge in [-0.2, -0.15) is 5.26 Å². The van der Waals surface area contributed by atoms with Crippen LogP contribution >= 0.6 is 0 Å². The molecule has 88 valence electrons. The van der Waals surface area contributed by atoms with Crippen molar-refractivity contribution in [2.24, 2.45) is 0 Å². The number of benzene rings is 1. The number of nitro groups is 1. The second-order valence-electron chi connectivity index (χ2n) is 3.33. The highest BCUT2D eigenvalue weighted by Crippen LogP contribution is 2.28. The van der Waals surface area contributed by atoms with Crippen molar-refractivity contribution in [3.63, 3.8) is 0 Å². The number of nitriles is 1. The number of aromatic nitrogens is 1. The number of hydrogen-bond acceptors (Lipinski definition) is 5. The fraction of sp³-hybridized carbons (Fsp3) is 0. The smallest absolute Gasteiger partial charge is 0.331 e. The van der Waals surface area contributed by atoms with Crippen molar-refractivity contribution >= 4 is 5.69 Å². The number of nitrogens with zero attached hydrogens (tertiary/aromatic N) is 3. The largest absolute Gasteiger partial charge is 0.434 e. The van der Waals surface area contributed by atoms with E-state index in [0.717, 1.165) is 0 Å². The summed E-state index contributed by atoms with van der Waals surface area (Å²) in [6.45, 7) is 0. The normalized spacial score (nSPS) is 9.50. The van der Waals surface area contributed by atoms with Crippen LogP contribution in [0.3, 0.4) is 0 Å². The molecule has 18 heavy (non-hydrogen) atoms. The van der Waals surface area contributed by atoms with Crippen molar-refractivity contribution in [3.05, 3.63) is 58.3 Å². The van der Waals surface area contributed by atoms with Gasteiger partial charge in [-0.05, 0) is 24.3 Å². The van der Waals surface area contributed by atoms with Gasteiger partial charge in [-0.15, -0.1) is 0 Å². The Morgan fingerprint density at radius 3 is 2.89 bits per heavy atom. The molecule has 1 aromatic carbocycles. The molecule has 0 bridgehead atoms. The van der Waals surface area contributed by atoms with Gasteiger partial charge in [0.1, 0.15) is 5.75 Å². The Morgan fingerprint density at radius 1 is 1.33 bits per heavy atom. The first-order valence-corrected chi connectivity index (χ1v) is 4.98. The van der Waals surface area contributed by atoms with Crippen molar-refractivity contribution in [1.29, 1.82) is 5.26 Å². The second-order valence-corrected chi connectivity index (χ2v) is 3.33. The molecule has 0 amide bonds. The van der Waals surface area contributed by atoms with E-state index in [0.29, 0.717) is 11.3 Å². The minimum Gasteiger partial charge on any atom is -0.434 e. The summed E-state index contributed by atoms with van der Waals surface area (Å²) in [5.41, 5.74) is 0.186. The van der Waals surface area contributed by atoms with Crippen LogP contribution in [0.25, 0.3) is 0 Å². The van der Waals surface area contributed by atoms with E-state index in [1.165, 1.54) is 24.4 Å². The van der Waals surface area contributed by atoms with Crippen molar-refractivity contribution < 1.29 is 9.66 Å². The van der Waals surface area contributed by atoms with Crippen molar-refractivity contribution in [3.8, 4) is 17.7 Å². The number of ether oxygens (including phenoxy) is 1. The quantitative estimate of drug-likeness (QED) is 0.608. The zero-order chi connectivity index (χ0) is 13.0. The molecule has 0 unspecified atom stereocenters. The third-order valence-corrected chi connectivity index (χ3v) is 2.13. The molecule has 6 nitrogen and oxygen atoms in total. The maximum atomic E-state index is 10.8. The summed E-state index contributed by atoms with van der Waals surface area (Å²) in [7, 11) is 0. The van der Waals surface area contributed by atoms with E-state index < -0.39 is 4.92 Å². The molecule has 2 aromatic rings. The highest BCUT2D eigenvalue weighted by atomic mass is 16.6. The standard InChI is InChI=1S/C12H7N3O3/c13-8-9-3-1-4-10(7-9)18-12-11(15(16)17)5-2-6-14-12/h1-7H. The molecule has 0 aliphatic rings. The molecule has 0 spiro atoms. The van der Waals surface area contributed by atoms with E-state index in [4.69, 9.17) is 10.00 Å². The van der Waals surface area contributed by atoms with E-state index >= 15 is 0 Å². The van der Waals surface area contributed by atoms with Gasteiger partial charge in [0.15, 0.2) is 0 Å². The Bertz CT molecular complexity index is 634. The monoisotopic (exact) mass is 241 g/mol. The van der Waals surface area contributed by atoms with Gasteiger partial charge in [0.25, 0.3) is 5.88 Å². The van der Waals surface area contributed by atoms with E-state index in [9.17, 15) is 10.1 Å². The fourth-order valence-electron chi connectivity index (χ4n) is 1.34. The molecule has 1 heterocycles. The highest BCUT2D eigenvalue weighted by Gasteiger charge is 2.16. The lowest BCUT2D eigenvalue weighted by Gasteiger charge is -2.04. The number of rotatable bonds is 3. The molecular formula is C12H7N3O3. The van der Waals surface area contributed by atoms with Crippen molar-refractivity contribution in [2.75, 3.05) is 0 Å². The average molecular weight is 241 g/mol. The average Bonchev–Trinajstić information content (AvgIpc) is 2.39. The van der Waals surface area contributed by atoms with Gasteiger partial charge in [0.2, 0.25) is 0 Å². The number of pyridine rings is 1. The SMILES string of the molecule is N#Cc1cccc(Oc2ncccc2[N+](=O)[O-])c1. The Morgan fingerprint density at radius 2 is 2.17 bits per heavy atom. The molecule has 0 saturated carbocycles. The zero-order valence-electron chi connectivity index (χ0n) is 9.11. The van der Waals surface area contributed by atoms with E-state index in [-0.39, 0.29) is 11.6 Å². The predicted molar refractivity (Wildman–Crippen MR) is 62.1 cm³/mol. The summed E-state index contributed by atoms with van der Waals surface area (Å²) < 4.78 is 5.31. The van der Waals surface area contributed by atoms with Crippen molar-refractivity contribution in [1.82, 2.24) is 4.98 Å². The molecule has 0 fully saturated rings. The molecule has 0 N–H and O–H groups in total. The van der Waals surface area contributed by atoms with E-state index in [1.807, 2.05) is 6.07 Å². The Hall–Kier alpha value is -2.94. The van der Waals surface area contributed by atoms with Crippen LogP contribution in [0.2, 0.25) is 0 Å². The van der Waals surface area contributed by atoms with Crippen LogP contribution in [0.5, 0.6) is 11.6 Å². The van der Waals surface area contributed by atoms with Crippen LogP contribution in [0.15, 0.2) is 42.6 Å². The van der Waals surface area contributed by atoms with Crippen LogP contribution < -0.4 is 4.74 Å². The lowest BCUT2D eigenvalue weighted by atomic mass is 10.2. The van der Waals surface area contributed by atoms with Gasteiger partial charge in [0.05, 0.1) is 16.6 Å². The third kappa shape index (κ3) is 2.41. The molecular weight excluding hydrogens is 234 g/mol. The van der Waals surface area contributed by atoms with Crippen LogP contribution in [-0.2, 0) is 0 Å². The summed E-state index contributed by atoms with van der Waals surface area (Å²) in [5.74, 6) is 0.230. The van der Waals surface area contributed by atoms with Gasteiger partial charge in [0, 0.05) is 12.3 Å². The van der Waals surface area contributed by atoms with Gasteiger partial charge >= 0.3 is 5.69 Å². The lowest BCUT2D eigenvalue weighted by molar-refractivity contribution is -0.386. The van der Waals surface area contributed by atoms with E-state index in [1.54, 1.807) is 18.2 Å². The molecule has 0 saturated heterocycles. The molecule has 0 radical (unpaired) electrons. The molecule has 1 aromatic heterocycles. The first-order valence-electron chi connectivity index (χ1n) is 4.98. The maximum Gasteiger partial charge on any atom is 0.331 e. The molecule has 2 rings (SSSR count). The van der Waals surface area contributed by atoms with E-state index in [2.05, 4.69) is 4.98 Å². The van der Waals surface area contributed by atoms with Gasteiger partial charge in [-0.25, -0.2) is 4.98 Å². The first-order chi connectivity index (χ1) is 8.70. The number of hydrogen-bond donors (Lipinski definition) is 0. The molecule has 0 aliphatic heterocycles. The Balaban J connectivity index is 2.34. The summed E-state index contributed by atoms with van der Waals surface area (Å²) in [6, 6.07) is 11.0. The Kier molecular flexibility index (Phi) is 3.16. The second kappa shape index (κ2) is 4.93. The maximum absolute atomic E-state index is 10.8. The summed E-state index contributed by atoms with van der Waals surface area (Å²) in [6.07, 6.45) is 1.40. The van der Waals surface area contributed by atoms with Crippen LogP contribution in [0.4, 0.5) is 5.69 Å². The van der Waals surface area contributed by atoms with Gasteiger partial charge < -0.3 is 4.74 Å². The first kappa shape index (κ1) is 11.5. The lowest BCUT2D eigenvalue weighted by Crippen LogP contribution is -1.95. The van der Waals surface area contributed by atoms with Gasteiger partial charge in [-0.3, -0.25) is 10.1 Å². The van der Waals surface area contributed by atoms with Crippen LogP contribution in [0, 0.1) is 21.4 Å². The topological polar surface area (TPSA) is 89.0 Å². The van der Waals surface area contributed by atoms with Crippen LogP contribution in [-0.4, -0.2) is 9.91 Å².